The molecule has 2 unspecified atom stereocenters. The maximum absolute atomic E-state index is 13.5. The minimum atomic E-state index is -3.03. The maximum atomic E-state index is 13.5. The fourth-order valence-electron chi connectivity index (χ4n) is 2.91. The third-order valence-electron chi connectivity index (χ3n) is 4.55. The number of nitrogens with zero attached hydrogens (tertiary/aromatic N) is 3. The van der Waals surface area contributed by atoms with E-state index in [4.69, 9.17) is 4.52 Å². The van der Waals surface area contributed by atoms with Crippen molar-refractivity contribution >= 4 is 13.6 Å². The van der Waals surface area contributed by atoms with E-state index >= 15 is 0 Å². The number of hydrogen-bond acceptors (Lipinski definition) is 3. The van der Waals surface area contributed by atoms with Crippen LogP contribution < -0.4 is 0 Å². The third kappa shape index (κ3) is 5.55. The van der Waals surface area contributed by atoms with E-state index in [1.54, 1.807) is 4.67 Å². The topological polar surface area (TPSA) is 53.1 Å². The Kier molecular flexibility index (Phi) is 8.93. The number of carbonyl (C=O) groups excluding carboxylic acids is 1. The number of rotatable bonds is 9. The second-order valence-corrected chi connectivity index (χ2v) is 9.61. The molecule has 1 aliphatic rings. The van der Waals surface area contributed by atoms with Crippen molar-refractivity contribution in [2.24, 2.45) is 5.92 Å². The lowest BCUT2D eigenvalue weighted by Gasteiger charge is -2.41. The molecular formula is C17H36N3O3P. The van der Waals surface area contributed by atoms with Crippen molar-refractivity contribution in [2.75, 3.05) is 40.3 Å². The maximum Gasteiger partial charge on any atom is 0.345 e. The van der Waals surface area contributed by atoms with Crippen molar-refractivity contribution < 1.29 is 13.9 Å². The molecule has 24 heavy (non-hydrogen) atoms. The van der Waals surface area contributed by atoms with Crippen LogP contribution in [-0.4, -0.2) is 66.5 Å². The van der Waals surface area contributed by atoms with Gasteiger partial charge in [0, 0.05) is 32.1 Å². The van der Waals surface area contributed by atoms with Crippen LogP contribution in [0.4, 0.5) is 0 Å². The molecular weight excluding hydrogens is 325 g/mol. The van der Waals surface area contributed by atoms with Crippen molar-refractivity contribution in [3.05, 3.63) is 0 Å². The van der Waals surface area contributed by atoms with Gasteiger partial charge in [0.2, 0.25) is 5.91 Å². The van der Waals surface area contributed by atoms with Crippen molar-refractivity contribution in [1.82, 2.24) is 14.2 Å². The van der Waals surface area contributed by atoms with Crippen LogP contribution in [0.15, 0.2) is 0 Å². The van der Waals surface area contributed by atoms with Crippen LogP contribution in [0.5, 0.6) is 0 Å². The smallest absolute Gasteiger partial charge is 0.340 e. The molecule has 0 aromatic rings. The van der Waals surface area contributed by atoms with Crippen LogP contribution in [0.2, 0.25) is 0 Å². The number of carbonyl (C=O) groups is 1. The van der Waals surface area contributed by atoms with Crippen molar-refractivity contribution in [1.29, 1.82) is 0 Å². The lowest BCUT2D eigenvalue weighted by Crippen LogP contribution is -2.50. The highest BCUT2D eigenvalue weighted by Gasteiger charge is 2.39. The molecule has 1 fully saturated rings. The minimum absolute atomic E-state index is 0.00645. The summed E-state index contributed by atoms with van der Waals surface area (Å²) in [7, 11) is 0.606. The molecule has 0 N–H and O–H groups in total. The van der Waals surface area contributed by atoms with E-state index in [1.807, 2.05) is 37.5 Å². The Morgan fingerprint density at radius 1 is 1.17 bits per heavy atom. The van der Waals surface area contributed by atoms with Gasteiger partial charge in [0.05, 0.1) is 6.10 Å². The molecule has 7 heteroatoms. The average molecular weight is 361 g/mol. The van der Waals surface area contributed by atoms with Gasteiger partial charge in [-0.15, -0.1) is 0 Å². The molecule has 142 valence electrons. The lowest BCUT2D eigenvalue weighted by atomic mass is 10.1. The molecule has 0 aromatic heterocycles. The summed E-state index contributed by atoms with van der Waals surface area (Å²) in [6, 6.07) is 0. The SMILES string of the molecule is CCCCC(CC)OP(=O)(N(C)C)N1CCN(C(=O)C(C)C)CC1. The van der Waals surface area contributed by atoms with Gasteiger partial charge in [0.25, 0.3) is 0 Å². The molecule has 0 aromatic carbocycles. The Morgan fingerprint density at radius 2 is 1.75 bits per heavy atom. The Balaban J connectivity index is 2.75. The highest BCUT2D eigenvalue weighted by Crippen LogP contribution is 2.54. The summed E-state index contributed by atoms with van der Waals surface area (Å²) in [5, 5.41) is 0. The molecule has 1 saturated heterocycles. The van der Waals surface area contributed by atoms with Crippen LogP contribution in [0.25, 0.3) is 0 Å². The number of amides is 1. The summed E-state index contributed by atoms with van der Waals surface area (Å²) in [6.45, 7) is 10.5. The zero-order valence-electron chi connectivity index (χ0n) is 16.3. The summed E-state index contributed by atoms with van der Waals surface area (Å²) in [4.78, 5) is 14.0. The van der Waals surface area contributed by atoms with E-state index in [0.29, 0.717) is 26.2 Å². The Bertz CT molecular complexity index is 435. The molecule has 2 atom stereocenters. The van der Waals surface area contributed by atoms with Crippen molar-refractivity contribution in [3.8, 4) is 0 Å². The number of unbranched alkanes of at least 4 members (excludes halogenated alkanes) is 1. The van der Waals surface area contributed by atoms with E-state index in [1.165, 1.54) is 0 Å². The second kappa shape index (κ2) is 9.91. The lowest BCUT2D eigenvalue weighted by molar-refractivity contribution is -0.135. The Hall–Kier alpha value is -0.420. The van der Waals surface area contributed by atoms with E-state index in [-0.39, 0.29) is 17.9 Å². The first-order valence-corrected chi connectivity index (χ1v) is 10.8. The van der Waals surface area contributed by atoms with Gasteiger partial charge in [0.15, 0.2) is 0 Å². The van der Waals surface area contributed by atoms with Crippen molar-refractivity contribution in [3.63, 3.8) is 0 Å². The van der Waals surface area contributed by atoms with E-state index in [9.17, 15) is 9.36 Å². The molecule has 6 nitrogen and oxygen atoms in total. The summed E-state index contributed by atoms with van der Waals surface area (Å²) in [6.07, 6.45) is 4.03. The highest BCUT2D eigenvalue weighted by molar-refractivity contribution is 7.53. The van der Waals surface area contributed by atoms with Crippen LogP contribution in [0.1, 0.15) is 53.4 Å². The molecule has 0 radical (unpaired) electrons. The van der Waals surface area contributed by atoms with Gasteiger partial charge in [0.1, 0.15) is 0 Å². The predicted molar refractivity (Wildman–Crippen MR) is 99.0 cm³/mol. The molecule has 1 rings (SSSR count). The largest absolute Gasteiger partial charge is 0.345 e. The first kappa shape index (κ1) is 21.6. The Labute approximate surface area is 148 Å². The zero-order valence-corrected chi connectivity index (χ0v) is 17.2. The zero-order chi connectivity index (χ0) is 18.3. The van der Waals surface area contributed by atoms with E-state index in [0.717, 1.165) is 25.7 Å². The van der Waals surface area contributed by atoms with Gasteiger partial charge in [-0.3, -0.25) is 9.36 Å². The molecule has 0 aliphatic carbocycles. The molecule has 0 spiro atoms. The molecule has 1 aliphatic heterocycles. The van der Waals surface area contributed by atoms with Gasteiger partial charge in [-0.05, 0) is 26.9 Å². The van der Waals surface area contributed by atoms with Crippen molar-refractivity contribution in [2.45, 2.75) is 59.5 Å². The molecule has 1 heterocycles. The first-order valence-electron chi connectivity index (χ1n) is 9.26. The first-order chi connectivity index (χ1) is 11.3. The van der Waals surface area contributed by atoms with Gasteiger partial charge in [-0.2, -0.15) is 0 Å². The predicted octanol–water partition coefficient (Wildman–Crippen LogP) is 3.44. The summed E-state index contributed by atoms with van der Waals surface area (Å²) in [5.41, 5.74) is 0. The van der Waals surface area contributed by atoms with Crippen LogP contribution in [0, 0.1) is 5.92 Å². The normalized spacial score (nSPS) is 20.4. The monoisotopic (exact) mass is 361 g/mol. The van der Waals surface area contributed by atoms with Gasteiger partial charge >= 0.3 is 7.67 Å². The van der Waals surface area contributed by atoms with Gasteiger partial charge in [-0.25, -0.2) is 9.34 Å². The second-order valence-electron chi connectivity index (χ2n) is 7.05. The van der Waals surface area contributed by atoms with Crippen LogP contribution in [0.3, 0.4) is 0 Å². The van der Waals surface area contributed by atoms with E-state index < -0.39 is 7.67 Å². The molecule has 0 saturated carbocycles. The Morgan fingerprint density at radius 3 is 2.17 bits per heavy atom. The van der Waals surface area contributed by atoms with Crippen LogP contribution >= 0.6 is 7.67 Å². The average Bonchev–Trinajstić information content (AvgIpc) is 2.57. The quantitative estimate of drug-likeness (QED) is 0.589. The molecule has 0 bridgehead atoms. The minimum Gasteiger partial charge on any atom is -0.340 e. The van der Waals surface area contributed by atoms with Gasteiger partial charge in [-0.1, -0.05) is 40.5 Å². The summed E-state index contributed by atoms with van der Waals surface area (Å²) in [5.74, 6) is 0.177. The number of piperazine rings is 1. The standard InChI is InChI=1S/C17H36N3O3P/c1-7-9-10-16(8-2)23-24(22,18(5)6)20-13-11-19(12-14-20)17(21)15(3)4/h15-16H,7-14H2,1-6H3. The summed E-state index contributed by atoms with van der Waals surface area (Å²) >= 11 is 0. The fourth-order valence-corrected chi connectivity index (χ4v) is 5.06. The molecule has 1 amide bonds. The van der Waals surface area contributed by atoms with Gasteiger partial charge < -0.3 is 9.42 Å². The van der Waals surface area contributed by atoms with E-state index in [2.05, 4.69) is 13.8 Å². The highest BCUT2D eigenvalue weighted by atomic mass is 31.2. The summed E-state index contributed by atoms with van der Waals surface area (Å²) < 4.78 is 23.3. The third-order valence-corrected chi connectivity index (χ3v) is 7.24. The fraction of sp³-hybridized carbons (Fsp3) is 0.941. The number of hydrogen-bond donors (Lipinski definition) is 0. The van der Waals surface area contributed by atoms with Crippen LogP contribution in [-0.2, 0) is 13.9 Å².